The van der Waals surface area contributed by atoms with Crippen LogP contribution in [0.3, 0.4) is 0 Å². The topological polar surface area (TPSA) is 73.8 Å². The number of ether oxygens (including phenoxy) is 1. The number of nitrogens with zero attached hydrogens (tertiary/aromatic N) is 4. The maximum Gasteiger partial charge on any atom is 0.319 e. The van der Waals surface area contributed by atoms with E-state index in [2.05, 4.69) is 20.1 Å². The number of nitrogens with one attached hydrogen (secondary N) is 1. The number of halogens is 3. The fourth-order valence-electron chi connectivity index (χ4n) is 8.04. The van der Waals surface area contributed by atoms with E-state index in [0.29, 0.717) is 42.6 Å². The molecule has 2 unspecified atom stereocenters. The average molecular weight is 590 g/mol. The van der Waals surface area contributed by atoms with Crippen LogP contribution in [-0.4, -0.2) is 76.6 Å². The highest BCUT2D eigenvalue weighted by Crippen LogP contribution is 2.42. The molecule has 10 heteroatoms. The van der Waals surface area contributed by atoms with Gasteiger partial charge in [-0.1, -0.05) is 30.7 Å². The summed E-state index contributed by atoms with van der Waals surface area (Å²) in [6.07, 6.45) is 4.48. The highest BCUT2D eigenvalue weighted by molar-refractivity contribution is 6.01. The minimum Gasteiger partial charge on any atom is -0.508 e. The molecule has 4 aromatic rings. The fourth-order valence-corrected chi connectivity index (χ4v) is 8.04. The highest BCUT2D eigenvalue weighted by atomic mass is 19.1. The Morgan fingerprint density at radius 1 is 1.00 bits per heavy atom. The zero-order valence-electron chi connectivity index (χ0n) is 23.8. The van der Waals surface area contributed by atoms with Crippen molar-refractivity contribution >= 4 is 27.5 Å². The van der Waals surface area contributed by atoms with Gasteiger partial charge in [-0.05, 0) is 66.8 Å². The van der Waals surface area contributed by atoms with Crippen LogP contribution >= 0.6 is 0 Å². The molecule has 0 amide bonds. The molecule has 8 rings (SSSR count). The van der Waals surface area contributed by atoms with Crippen molar-refractivity contribution < 1.29 is 23.0 Å². The van der Waals surface area contributed by atoms with Gasteiger partial charge in [-0.25, -0.2) is 13.2 Å². The molecule has 224 valence electrons. The molecule has 5 heterocycles. The summed E-state index contributed by atoms with van der Waals surface area (Å²) in [5.41, 5.74) is -0.476. The SMILES string of the molecule is Oc1cc(-c2c(F)cc3c(N4CC5CCCC(C4)N5)nc(OC[C@@]45CCCN4C[C@H](F)C5)nc3c2F)c2ccccc2c1. The average Bonchev–Trinajstić information content (AvgIpc) is 3.51. The van der Waals surface area contributed by atoms with Gasteiger partial charge in [0.1, 0.15) is 35.7 Å². The van der Waals surface area contributed by atoms with E-state index in [-0.39, 0.29) is 52.5 Å². The standard InChI is InChI=1S/C33H34F3N5O2/c34-20-14-33(9-4-10-41(33)15-20)18-43-32-38-30-26(31(39-32)40-16-21-6-3-7-22(17-40)37-21)13-27(35)28(29(30)36)25-12-23(42)11-19-5-1-2-8-24(19)25/h1-2,5,8,11-13,20-22,37,42H,3-4,6-7,9-10,14-18H2/t20-,21?,22?,33+/m1/s1. The number of aromatic hydroxyl groups is 1. The van der Waals surface area contributed by atoms with Crippen LogP contribution in [0.2, 0.25) is 0 Å². The minimum absolute atomic E-state index is 0.00644. The Labute approximate surface area is 247 Å². The van der Waals surface area contributed by atoms with Crippen LogP contribution in [0.5, 0.6) is 11.8 Å². The van der Waals surface area contributed by atoms with Crippen LogP contribution in [0, 0.1) is 11.6 Å². The van der Waals surface area contributed by atoms with E-state index in [1.54, 1.807) is 24.3 Å². The smallest absolute Gasteiger partial charge is 0.319 e. The fraction of sp³-hybridized carbons (Fsp3) is 0.455. The maximum absolute atomic E-state index is 16.7. The normalized spacial score (nSPS) is 27.2. The Hall–Kier alpha value is -3.63. The summed E-state index contributed by atoms with van der Waals surface area (Å²) >= 11 is 0. The molecular formula is C33H34F3N5O2. The second kappa shape index (κ2) is 10.2. The molecule has 4 aliphatic rings. The Balaban J connectivity index is 1.27. The molecule has 4 fully saturated rings. The van der Waals surface area contributed by atoms with E-state index in [4.69, 9.17) is 9.72 Å². The van der Waals surface area contributed by atoms with Crippen LogP contribution in [0.15, 0.2) is 42.5 Å². The number of benzene rings is 3. The Bertz CT molecular complexity index is 1720. The second-order valence-corrected chi connectivity index (χ2v) is 12.7. The molecule has 0 saturated carbocycles. The zero-order chi connectivity index (χ0) is 29.3. The number of alkyl halides is 1. The number of fused-ring (bicyclic) bond motifs is 5. The van der Waals surface area contributed by atoms with Crippen LogP contribution in [0.4, 0.5) is 19.0 Å². The van der Waals surface area contributed by atoms with E-state index in [9.17, 15) is 9.50 Å². The Morgan fingerprint density at radius 2 is 1.81 bits per heavy atom. The van der Waals surface area contributed by atoms with E-state index in [1.807, 2.05) is 6.07 Å². The molecule has 43 heavy (non-hydrogen) atoms. The summed E-state index contributed by atoms with van der Waals surface area (Å²) in [6, 6.07) is 12.0. The number of phenolic OH excluding ortho intramolecular Hbond substituents is 1. The summed E-state index contributed by atoms with van der Waals surface area (Å²) < 4.78 is 53.4. The first-order valence-electron chi connectivity index (χ1n) is 15.3. The molecule has 1 aromatic heterocycles. The first kappa shape index (κ1) is 27.0. The van der Waals surface area contributed by atoms with Crippen molar-refractivity contribution in [2.24, 2.45) is 0 Å². The lowest BCUT2D eigenvalue weighted by Crippen LogP contribution is -2.59. The molecule has 2 bridgehead atoms. The number of hydrogen-bond acceptors (Lipinski definition) is 7. The van der Waals surface area contributed by atoms with Gasteiger partial charge in [-0.2, -0.15) is 9.97 Å². The van der Waals surface area contributed by atoms with E-state index in [1.165, 1.54) is 12.1 Å². The van der Waals surface area contributed by atoms with Crippen molar-refractivity contribution in [3.63, 3.8) is 0 Å². The minimum atomic E-state index is -0.905. The molecule has 3 aromatic carbocycles. The predicted molar refractivity (Wildman–Crippen MR) is 159 cm³/mol. The molecule has 4 aliphatic heterocycles. The molecule has 4 saturated heterocycles. The third kappa shape index (κ3) is 4.57. The quantitative estimate of drug-likeness (QED) is 0.309. The molecule has 7 nitrogen and oxygen atoms in total. The molecule has 0 radical (unpaired) electrons. The predicted octanol–water partition coefficient (Wildman–Crippen LogP) is 5.72. The number of piperazine rings is 1. The summed E-state index contributed by atoms with van der Waals surface area (Å²) in [4.78, 5) is 13.5. The molecule has 4 atom stereocenters. The molecule has 0 aliphatic carbocycles. The monoisotopic (exact) mass is 589 g/mol. The van der Waals surface area contributed by atoms with Gasteiger partial charge in [0.2, 0.25) is 0 Å². The second-order valence-electron chi connectivity index (χ2n) is 12.7. The van der Waals surface area contributed by atoms with Gasteiger partial charge in [0.05, 0.1) is 11.1 Å². The van der Waals surface area contributed by atoms with Gasteiger partial charge in [-0.3, -0.25) is 4.90 Å². The van der Waals surface area contributed by atoms with Gasteiger partial charge in [0.25, 0.3) is 0 Å². The van der Waals surface area contributed by atoms with Gasteiger partial charge in [-0.15, -0.1) is 0 Å². The first-order chi connectivity index (χ1) is 20.9. The summed E-state index contributed by atoms with van der Waals surface area (Å²) in [6.45, 7) is 2.74. The van der Waals surface area contributed by atoms with Crippen LogP contribution in [-0.2, 0) is 0 Å². The summed E-state index contributed by atoms with van der Waals surface area (Å²) in [5.74, 6) is -1.23. The number of piperidine rings is 1. The lowest BCUT2D eigenvalue weighted by atomic mass is 9.93. The van der Waals surface area contributed by atoms with Gasteiger partial charge < -0.3 is 20.1 Å². The molecular weight excluding hydrogens is 555 g/mol. The zero-order valence-corrected chi connectivity index (χ0v) is 23.8. The highest BCUT2D eigenvalue weighted by Gasteiger charge is 2.49. The summed E-state index contributed by atoms with van der Waals surface area (Å²) in [7, 11) is 0. The van der Waals surface area contributed by atoms with E-state index >= 15 is 8.78 Å². The molecule has 0 spiro atoms. The third-order valence-electron chi connectivity index (χ3n) is 9.95. The van der Waals surface area contributed by atoms with Crippen LogP contribution < -0.4 is 15.0 Å². The van der Waals surface area contributed by atoms with E-state index in [0.717, 1.165) is 38.6 Å². The lowest BCUT2D eigenvalue weighted by Gasteiger charge is -2.43. The van der Waals surface area contributed by atoms with Crippen LogP contribution in [0.25, 0.3) is 32.8 Å². The maximum atomic E-state index is 16.7. The number of rotatable bonds is 5. The number of anilines is 1. The number of aromatic nitrogens is 2. The van der Waals surface area contributed by atoms with Gasteiger partial charge in [0, 0.05) is 43.5 Å². The van der Waals surface area contributed by atoms with Crippen molar-refractivity contribution in [3.8, 4) is 22.9 Å². The Morgan fingerprint density at radius 3 is 2.65 bits per heavy atom. The van der Waals surface area contributed by atoms with E-state index < -0.39 is 23.3 Å². The van der Waals surface area contributed by atoms with Crippen molar-refractivity contribution in [2.45, 2.75) is 62.3 Å². The van der Waals surface area contributed by atoms with Crippen LogP contribution in [0.1, 0.15) is 38.5 Å². The largest absolute Gasteiger partial charge is 0.508 e. The van der Waals surface area contributed by atoms with Gasteiger partial charge in [0.15, 0.2) is 5.82 Å². The lowest BCUT2D eigenvalue weighted by molar-refractivity contribution is 0.107. The van der Waals surface area contributed by atoms with Crippen molar-refractivity contribution in [3.05, 3.63) is 54.1 Å². The van der Waals surface area contributed by atoms with Crippen molar-refractivity contribution in [2.75, 3.05) is 37.7 Å². The number of hydrogen-bond donors (Lipinski definition) is 2. The van der Waals surface area contributed by atoms with Gasteiger partial charge >= 0.3 is 6.01 Å². The number of phenols is 1. The first-order valence-corrected chi connectivity index (χ1v) is 15.3. The third-order valence-corrected chi connectivity index (χ3v) is 9.95. The van der Waals surface area contributed by atoms with Crippen molar-refractivity contribution in [1.82, 2.24) is 20.2 Å². The Kier molecular flexibility index (Phi) is 6.41. The van der Waals surface area contributed by atoms with Crippen molar-refractivity contribution in [1.29, 1.82) is 0 Å². The molecule has 2 N–H and O–H groups in total. The summed E-state index contributed by atoms with van der Waals surface area (Å²) in [5, 5.41) is 15.6.